The van der Waals surface area contributed by atoms with Gasteiger partial charge in [-0.1, -0.05) is 6.92 Å². The van der Waals surface area contributed by atoms with Gasteiger partial charge >= 0.3 is 5.97 Å². The first-order valence-corrected chi connectivity index (χ1v) is 4.93. The Morgan fingerprint density at radius 1 is 1.60 bits per heavy atom. The summed E-state index contributed by atoms with van der Waals surface area (Å²) in [7, 11) is 1.32. The second kappa shape index (κ2) is 4.85. The number of carbonyl (C=O) groups is 1. The van der Waals surface area contributed by atoms with Gasteiger partial charge in [0.05, 0.1) is 24.3 Å². The summed E-state index contributed by atoms with van der Waals surface area (Å²) >= 11 is 4.14. The standard InChI is InChI=1S/C11H11NO2S/c1-3-9-7(6-12)4-8(15)5-10(9)11(13)14-2/h4-5,15H,3H2,1-2H3. The van der Waals surface area contributed by atoms with E-state index in [-0.39, 0.29) is 0 Å². The molecule has 1 aromatic carbocycles. The molecule has 4 heteroatoms. The molecule has 78 valence electrons. The second-order valence-electron chi connectivity index (χ2n) is 2.98. The Morgan fingerprint density at radius 2 is 2.27 bits per heavy atom. The van der Waals surface area contributed by atoms with Crippen molar-refractivity contribution in [3.05, 3.63) is 28.8 Å². The molecule has 0 spiro atoms. The van der Waals surface area contributed by atoms with Crippen LogP contribution in [-0.2, 0) is 11.2 Å². The molecular weight excluding hydrogens is 210 g/mol. The van der Waals surface area contributed by atoms with Crippen LogP contribution in [0, 0.1) is 11.3 Å². The molecule has 0 aromatic heterocycles. The van der Waals surface area contributed by atoms with E-state index in [2.05, 4.69) is 23.4 Å². The highest BCUT2D eigenvalue weighted by Crippen LogP contribution is 2.21. The van der Waals surface area contributed by atoms with Crippen LogP contribution in [0.3, 0.4) is 0 Å². The van der Waals surface area contributed by atoms with Crippen molar-refractivity contribution in [1.82, 2.24) is 0 Å². The summed E-state index contributed by atoms with van der Waals surface area (Å²) in [5.41, 5.74) is 1.61. The fourth-order valence-corrected chi connectivity index (χ4v) is 1.69. The lowest BCUT2D eigenvalue weighted by Gasteiger charge is -2.08. The average molecular weight is 221 g/mol. The Labute approximate surface area is 94.1 Å². The van der Waals surface area contributed by atoms with Crippen molar-refractivity contribution < 1.29 is 9.53 Å². The second-order valence-corrected chi connectivity index (χ2v) is 3.49. The van der Waals surface area contributed by atoms with E-state index in [0.29, 0.717) is 28.0 Å². The number of carbonyl (C=O) groups excluding carboxylic acids is 1. The highest BCUT2D eigenvalue weighted by molar-refractivity contribution is 7.80. The molecule has 0 aliphatic carbocycles. The molecule has 0 radical (unpaired) electrons. The van der Waals surface area contributed by atoms with Gasteiger partial charge in [-0.15, -0.1) is 12.6 Å². The van der Waals surface area contributed by atoms with Crippen LogP contribution < -0.4 is 0 Å². The molecule has 0 heterocycles. The normalized spacial score (nSPS) is 9.47. The van der Waals surface area contributed by atoms with Crippen LogP contribution in [0.1, 0.15) is 28.4 Å². The summed E-state index contributed by atoms with van der Waals surface area (Å²) in [6.45, 7) is 1.89. The number of benzene rings is 1. The number of thiol groups is 1. The lowest BCUT2D eigenvalue weighted by Crippen LogP contribution is -2.07. The van der Waals surface area contributed by atoms with E-state index in [1.165, 1.54) is 7.11 Å². The van der Waals surface area contributed by atoms with Crippen LogP contribution in [0.25, 0.3) is 0 Å². The first-order chi connectivity index (χ1) is 7.13. The van der Waals surface area contributed by atoms with Crippen LogP contribution in [0.5, 0.6) is 0 Å². The molecule has 15 heavy (non-hydrogen) atoms. The summed E-state index contributed by atoms with van der Waals surface area (Å²) in [6, 6.07) is 5.32. The molecule has 0 unspecified atom stereocenters. The lowest BCUT2D eigenvalue weighted by atomic mass is 9.99. The molecule has 1 rings (SSSR count). The maximum absolute atomic E-state index is 11.4. The van der Waals surface area contributed by atoms with Gasteiger partial charge in [-0.2, -0.15) is 5.26 Å². The van der Waals surface area contributed by atoms with Gasteiger partial charge in [-0.25, -0.2) is 4.79 Å². The topological polar surface area (TPSA) is 50.1 Å². The summed E-state index contributed by atoms with van der Waals surface area (Å²) in [4.78, 5) is 12.0. The maximum atomic E-state index is 11.4. The number of rotatable bonds is 2. The van der Waals surface area contributed by atoms with Gasteiger partial charge in [-0.05, 0) is 24.1 Å². The minimum Gasteiger partial charge on any atom is -0.465 e. The predicted octanol–water partition coefficient (Wildman–Crippen LogP) is 2.20. The maximum Gasteiger partial charge on any atom is 0.338 e. The number of nitriles is 1. The highest BCUT2D eigenvalue weighted by atomic mass is 32.1. The van der Waals surface area contributed by atoms with E-state index < -0.39 is 5.97 Å². The Morgan fingerprint density at radius 3 is 2.73 bits per heavy atom. The van der Waals surface area contributed by atoms with E-state index in [9.17, 15) is 4.79 Å². The highest BCUT2D eigenvalue weighted by Gasteiger charge is 2.15. The predicted molar refractivity (Wildman–Crippen MR) is 59.1 cm³/mol. The van der Waals surface area contributed by atoms with Crippen molar-refractivity contribution in [2.24, 2.45) is 0 Å². The molecule has 0 bridgehead atoms. The quantitative estimate of drug-likeness (QED) is 0.615. The Hall–Kier alpha value is -1.47. The van der Waals surface area contributed by atoms with Crippen LogP contribution in [-0.4, -0.2) is 13.1 Å². The van der Waals surface area contributed by atoms with Crippen LogP contribution in [0.4, 0.5) is 0 Å². The van der Waals surface area contributed by atoms with Crippen LogP contribution in [0.15, 0.2) is 17.0 Å². The van der Waals surface area contributed by atoms with Crippen molar-refractivity contribution >= 4 is 18.6 Å². The summed E-state index contributed by atoms with van der Waals surface area (Å²) in [5, 5.41) is 8.92. The molecule has 0 N–H and O–H groups in total. The molecule has 0 aliphatic rings. The zero-order chi connectivity index (χ0) is 11.4. The SMILES string of the molecule is CCc1c(C#N)cc(S)cc1C(=O)OC. The number of esters is 1. The molecule has 0 amide bonds. The minimum absolute atomic E-state index is 0.420. The number of ether oxygens (including phenoxy) is 1. The van der Waals surface area contributed by atoms with E-state index in [1.54, 1.807) is 12.1 Å². The van der Waals surface area contributed by atoms with Crippen LogP contribution in [0.2, 0.25) is 0 Å². The van der Waals surface area contributed by atoms with Crippen molar-refractivity contribution in [2.45, 2.75) is 18.2 Å². The van der Waals surface area contributed by atoms with Crippen molar-refractivity contribution in [3.8, 4) is 6.07 Å². The third-order valence-electron chi connectivity index (χ3n) is 2.11. The number of methoxy groups -OCH3 is 1. The minimum atomic E-state index is -0.431. The Kier molecular flexibility index (Phi) is 3.75. The van der Waals surface area contributed by atoms with Crippen molar-refractivity contribution in [2.75, 3.05) is 7.11 Å². The van der Waals surface area contributed by atoms with Crippen molar-refractivity contribution in [1.29, 1.82) is 5.26 Å². The number of hydrogen-bond acceptors (Lipinski definition) is 4. The van der Waals surface area contributed by atoms with Gasteiger partial charge in [0.2, 0.25) is 0 Å². The van der Waals surface area contributed by atoms with E-state index in [4.69, 9.17) is 5.26 Å². The summed E-state index contributed by atoms with van der Waals surface area (Å²) < 4.78 is 4.65. The van der Waals surface area contributed by atoms with Gasteiger partial charge < -0.3 is 4.74 Å². The first-order valence-electron chi connectivity index (χ1n) is 4.48. The van der Waals surface area contributed by atoms with Gasteiger partial charge in [0.15, 0.2) is 0 Å². The van der Waals surface area contributed by atoms with Crippen LogP contribution >= 0.6 is 12.6 Å². The van der Waals surface area contributed by atoms with E-state index in [0.717, 1.165) is 0 Å². The van der Waals surface area contributed by atoms with Gasteiger partial charge in [0.1, 0.15) is 0 Å². The molecule has 0 saturated heterocycles. The first kappa shape index (κ1) is 11.6. The van der Waals surface area contributed by atoms with E-state index >= 15 is 0 Å². The molecule has 1 aromatic rings. The molecular formula is C11H11NO2S. The fraction of sp³-hybridized carbons (Fsp3) is 0.273. The largest absolute Gasteiger partial charge is 0.465 e. The zero-order valence-corrected chi connectivity index (χ0v) is 9.47. The summed E-state index contributed by atoms with van der Waals surface area (Å²) in [5.74, 6) is -0.431. The Balaban J connectivity index is 3.43. The number of hydrogen-bond donors (Lipinski definition) is 1. The average Bonchev–Trinajstić information content (AvgIpc) is 2.26. The molecule has 0 atom stereocenters. The monoisotopic (exact) mass is 221 g/mol. The number of nitrogens with zero attached hydrogens (tertiary/aromatic N) is 1. The van der Waals surface area contributed by atoms with Gasteiger partial charge in [-0.3, -0.25) is 0 Å². The fourth-order valence-electron chi connectivity index (χ4n) is 1.43. The molecule has 0 aliphatic heterocycles. The Bertz CT molecular complexity index is 435. The molecule has 3 nitrogen and oxygen atoms in total. The van der Waals surface area contributed by atoms with Gasteiger partial charge in [0.25, 0.3) is 0 Å². The third-order valence-corrected chi connectivity index (χ3v) is 2.37. The van der Waals surface area contributed by atoms with E-state index in [1.807, 2.05) is 6.92 Å². The third kappa shape index (κ3) is 2.31. The summed E-state index contributed by atoms with van der Waals surface area (Å²) in [6.07, 6.45) is 0.612. The lowest BCUT2D eigenvalue weighted by molar-refractivity contribution is 0.0599. The zero-order valence-electron chi connectivity index (χ0n) is 8.57. The molecule has 0 fully saturated rings. The smallest absolute Gasteiger partial charge is 0.338 e. The van der Waals surface area contributed by atoms with Crippen molar-refractivity contribution in [3.63, 3.8) is 0 Å². The van der Waals surface area contributed by atoms with Gasteiger partial charge in [0, 0.05) is 4.90 Å². The molecule has 0 saturated carbocycles.